The molecule has 32 heavy (non-hydrogen) atoms. The third kappa shape index (κ3) is 5.42. The maximum absolute atomic E-state index is 13.1. The van der Waals surface area contributed by atoms with Crippen molar-refractivity contribution in [3.05, 3.63) is 51.7 Å². The van der Waals surface area contributed by atoms with E-state index in [0.29, 0.717) is 62.8 Å². The number of thiophene rings is 1. The molecule has 0 radical (unpaired) electrons. The van der Waals surface area contributed by atoms with Gasteiger partial charge in [-0.3, -0.25) is 9.59 Å². The minimum Gasteiger partial charge on any atom is -0.341 e. The lowest BCUT2D eigenvalue weighted by Gasteiger charge is -2.33. The van der Waals surface area contributed by atoms with Gasteiger partial charge in [-0.05, 0) is 55.0 Å². The van der Waals surface area contributed by atoms with E-state index in [1.165, 1.54) is 11.3 Å². The molecule has 0 spiro atoms. The van der Waals surface area contributed by atoms with Crippen LogP contribution in [0.3, 0.4) is 0 Å². The molecule has 1 N–H and O–H groups in total. The summed E-state index contributed by atoms with van der Waals surface area (Å²) in [5, 5.41) is 5.41. The molecule has 3 heterocycles. The van der Waals surface area contributed by atoms with Crippen LogP contribution in [-0.4, -0.2) is 71.8 Å². The van der Waals surface area contributed by atoms with E-state index in [1.807, 2.05) is 27.3 Å². The molecule has 2 saturated heterocycles. The maximum Gasteiger partial charge on any atom is 0.321 e. The second-order valence-corrected chi connectivity index (χ2v) is 9.53. The summed E-state index contributed by atoms with van der Waals surface area (Å²) in [5.41, 5.74) is 0.695. The summed E-state index contributed by atoms with van der Waals surface area (Å²) >= 11 is 7.35. The quantitative estimate of drug-likeness (QED) is 0.730. The SMILES string of the molecule is O=C(Nc1ccc(Cl)cc1)N1CCCN(C(=O)C2CCN(C(=O)c3cccs3)CC2)CC1. The van der Waals surface area contributed by atoms with Crippen LogP contribution in [0.2, 0.25) is 5.02 Å². The van der Waals surface area contributed by atoms with Crippen molar-refractivity contribution in [2.24, 2.45) is 5.92 Å². The second kappa shape index (κ2) is 10.4. The Labute approximate surface area is 196 Å². The number of nitrogens with one attached hydrogen (secondary N) is 1. The summed E-state index contributed by atoms with van der Waals surface area (Å²) in [6.45, 7) is 3.50. The highest BCUT2D eigenvalue weighted by molar-refractivity contribution is 7.12. The normalized spacial score (nSPS) is 17.7. The monoisotopic (exact) mass is 474 g/mol. The van der Waals surface area contributed by atoms with Crippen LogP contribution < -0.4 is 5.32 Å². The van der Waals surface area contributed by atoms with E-state index < -0.39 is 0 Å². The fourth-order valence-corrected chi connectivity index (χ4v) is 5.04. The fourth-order valence-electron chi connectivity index (χ4n) is 4.22. The molecule has 170 valence electrons. The first-order valence-corrected chi connectivity index (χ1v) is 12.2. The van der Waals surface area contributed by atoms with Gasteiger partial charge >= 0.3 is 6.03 Å². The number of nitrogens with zero attached hydrogens (tertiary/aromatic N) is 3. The molecule has 9 heteroatoms. The minimum absolute atomic E-state index is 0.0583. The molecule has 7 nitrogen and oxygen atoms in total. The molecule has 4 rings (SSSR count). The van der Waals surface area contributed by atoms with E-state index in [-0.39, 0.29) is 23.8 Å². The van der Waals surface area contributed by atoms with Crippen molar-refractivity contribution < 1.29 is 14.4 Å². The van der Waals surface area contributed by atoms with Crippen molar-refractivity contribution in [2.45, 2.75) is 19.3 Å². The molecule has 0 saturated carbocycles. The molecule has 1 aromatic heterocycles. The van der Waals surface area contributed by atoms with Gasteiger partial charge in [-0.2, -0.15) is 0 Å². The number of anilines is 1. The predicted molar refractivity (Wildman–Crippen MR) is 126 cm³/mol. The first-order valence-electron chi connectivity index (χ1n) is 10.9. The number of urea groups is 1. The molecular formula is C23H27ClN4O3S. The van der Waals surface area contributed by atoms with Crippen LogP contribution in [0.25, 0.3) is 0 Å². The second-order valence-electron chi connectivity index (χ2n) is 8.15. The van der Waals surface area contributed by atoms with Crippen molar-refractivity contribution in [1.82, 2.24) is 14.7 Å². The predicted octanol–water partition coefficient (Wildman–Crippen LogP) is 4.02. The van der Waals surface area contributed by atoms with Gasteiger partial charge < -0.3 is 20.0 Å². The lowest BCUT2D eigenvalue weighted by atomic mass is 9.95. The third-order valence-electron chi connectivity index (χ3n) is 6.05. The Morgan fingerprint density at radius 3 is 2.25 bits per heavy atom. The van der Waals surface area contributed by atoms with Crippen molar-refractivity contribution in [3.8, 4) is 0 Å². The lowest BCUT2D eigenvalue weighted by Crippen LogP contribution is -2.45. The van der Waals surface area contributed by atoms with E-state index >= 15 is 0 Å². The standard InChI is InChI=1S/C23H27ClN4O3S/c24-18-4-6-19(7-5-18)25-23(31)28-11-2-10-26(14-15-28)21(29)17-8-12-27(13-9-17)22(30)20-3-1-16-32-20/h1,3-7,16-17H,2,8-15H2,(H,25,31). The number of benzene rings is 1. The fraction of sp³-hybridized carbons (Fsp3) is 0.435. The van der Waals surface area contributed by atoms with Crippen molar-refractivity contribution in [3.63, 3.8) is 0 Å². The number of hydrogen-bond acceptors (Lipinski definition) is 4. The van der Waals surface area contributed by atoms with E-state index in [0.717, 1.165) is 11.3 Å². The Balaban J connectivity index is 1.26. The molecule has 0 unspecified atom stereocenters. The molecule has 0 atom stereocenters. The Hall–Kier alpha value is -2.58. The molecular weight excluding hydrogens is 448 g/mol. The van der Waals surface area contributed by atoms with Crippen LogP contribution >= 0.6 is 22.9 Å². The molecule has 2 fully saturated rings. The Kier molecular flexibility index (Phi) is 7.32. The summed E-state index contributed by atoms with van der Waals surface area (Å²) in [7, 11) is 0. The average Bonchev–Trinajstić information content (AvgIpc) is 3.24. The number of carbonyl (C=O) groups is 3. The van der Waals surface area contributed by atoms with E-state index in [9.17, 15) is 14.4 Å². The van der Waals surface area contributed by atoms with Gasteiger partial charge in [0.2, 0.25) is 5.91 Å². The molecule has 1 aromatic carbocycles. The van der Waals surface area contributed by atoms with Crippen LogP contribution in [0.5, 0.6) is 0 Å². The van der Waals surface area contributed by atoms with Gasteiger partial charge in [-0.15, -0.1) is 11.3 Å². The lowest BCUT2D eigenvalue weighted by molar-refractivity contribution is -0.136. The summed E-state index contributed by atoms with van der Waals surface area (Å²) in [6, 6.07) is 10.6. The summed E-state index contributed by atoms with van der Waals surface area (Å²) in [4.78, 5) is 44.5. The zero-order chi connectivity index (χ0) is 22.5. The first-order chi connectivity index (χ1) is 15.5. The Bertz CT molecular complexity index is 943. The first kappa shape index (κ1) is 22.6. The molecule has 0 aliphatic carbocycles. The molecule has 2 aliphatic heterocycles. The number of halogens is 1. The van der Waals surface area contributed by atoms with Gasteiger partial charge in [0, 0.05) is 55.9 Å². The van der Waals surface area contributed by atoms with Crippen molar-refractivity contribution >= 4 is 46.5 Å². The number of amides is 4. The van der Waals surface area contributed by atoms with E-state index in [4.69, 9.17) is 11.6 Å². The van der Waals surface area contributed by atoms with E-state index in [2.05, 4.69) is 5.32 Å². The molecule has 4 amide bonds. The summed E-state index contributed by atoms with van der Waals surface area (Å²) in [6.07, 6.45) is 2.12. The topological polar surface area (TPSA) is 73.0 Å². The number of rotatable bonds is 3. The van der Waals surface area contributed by atoms with Crippen LogP contribution in [0.15, 0.2) is 41.8 Å². The van der Waals surface area contributed by atoms with E-state index in [1.54, 1.807) is 29.2 Å². The maximum atomic E-state index is 13.1. The largest absolute Gasteiger partial charge is 0.341 e. The number of likely N-dealkylation sites (tertiary alicyclic amines) is 1. The zero-order valence-corrected chi connectivity index (χ0v) is 19.4. The smallest absolute Gasteiger partial charge is 0.321 e. The van der Waals surface area contributed by atoms with Crippen LogP contribution in [0.1, 0.15) is 28.9 Å². The highest BCUT2D eigenvalue weighted by Crippen LogP contribution is 2.23. The third-order valence-corrected chi connectivity index (χ3v) is 7.16. The number of carbonyl (C=O) groups excluding carboxylic acids is 3. The Morgan fingerprint density at radius 2 is 1.56 bits per heavy atom. The minimum atomic E-state index is -0.165. The van der Waals surface area contributed by atoms with Crippen LogP contribution in [0.4, 0.5) is 10.5 Å². The number of piperidine rings is 1. The van der Waals surface area contributed by atoms with Crippen LogP contribution in [0, 0.1) is 5.92 Å². The Morgan fingerprint density at radius 1 is 0.875 bits per heavy atom. The molecule has 2 aliphatic rings. The van der Waals surface area contributed by atoms with Gasteiger partial charge in [0.15, 0.2) is 0 Å². The molecule has 2 aromatic rings. The highest BCUT2D eigenvalue weighted by Gasteiger charge is 2.32. The van der Waals surface area contributed by atoms with Crippen molar-refractivity contribution in [2.75, 3.05) is 44.6 Å². The van der Waals surface area contributed by atoms with Gasteiger partial charge in [-0.25, -0.2) is 4.79 Å². The number of hydrogen-bond donors (Lipinski definition) is 1. The average molecular weight is 475 g/mol. The van der Waals surface area contributed by atoms with Gasteiger partial charge in [-0.1, -0.05) is 17.7 Å². The highest BCUT2D eigenvalue weighted by atomic mass is 35.5. The van der Waals surface area contributed by atoms with Gasteiger partial charge in [0.05, 0.1) is 4.88 Å². The molecule has 0 bridgehead atoms. The van der Waals surface area contributed by atoms with Gasteiger partial charge in [0.25, 0.3) is 5.91 Å². The zero-order valence-electron chi connectivity index (χ0n) is 17.8. The summed E-state index contributed by atoms with van der Waals surface area (Å²) < 4.78 is 0. The van der Waals surface area contributed by atoms with Crippen LogP contribution in [-0.2, 0) is 4.79 Å². The van der Waals surface area contributed by atoms with Gasteiger partial charge in [0.1, 0.15) is 0 Å². The van der Waals surface area contributed by atoms with Crippen molar-refractivity contribution in [1.29, 1.82) is 0 Å². The summed E-state index contributed by atoms with van der Waals surface area (Å²) in [5.74, 6) is 0.146.